The van der Waals surface area contributed by atoms with Crippen molar-refractivity contribution in [1.82, 2.24) is 28.9 Å². The standard InChI is InChI=1S/C31H41N3O4.C31H43N3O3.Cr.3O/c1-2-38-29(36)14-13-28(35)30-31(37)34(27-10-6-5-9-26(27)32-30)25-18-22-11-12-23(19-25)33(22)24-16-20-7-3-4-8-21(15-20)17-24;1-2-37-30(35)13-7-11-28-31(36)34(29-12-6-5-10-27(29)32-28)26-19-23-14-15-24(20-26)33(23)25-17-21-8-3-4-9-22(16-21)18-25;;;;/h5-6,9-10,20-25H,2-4,7-8,11-19H2,1H3;5-6,10,12,21-26H,2-4,7-9,11,13-20H2,1H3;;;;/t20?,21?,22-,23+,24?,25?;21?,22?,23-,24+,25?,26?;;;;. The van der Waals surface area contributed by atoms with Crippen molar-refractivity contribution in [3.63, 3.8) is 0 Å². The molecule has 8 aliphatic rings. The van der Waals surface area contributed by atoms with Gasteiger partial charge in [0, 0.05) is 61.2 Å². The number of hydrogen-bond donors (Lipinski definition) is 0. The number of piperidine rings is 2. The molecule has 0 amide bonds. The van der Waals surface area contributed by atoms with Crippen LogP contribution in [0.1, 0.15) is 209 Å². The Morgan fingerprint density at radius 3 is 1.34 bits per heavy atom. The predicted octanol–water partition coefficient (Wildman–Crippen LogP) is 10.9. The van der Waals surface area contributed by atoms with Crippen molar-refractivity contribution >= 4 is 39.8 Å². The molecular weight excluding hydrogens is 1040 g/mol. The van der Waals surface area contributed by atoms with E-state index in [9.17, 15) is 24.0 Å². The summed E-state index contributed by atoms with van der Waals surface area (Å²) in [4.78, 5) is 79.5. The number of hydrogen-bond acceptors (Lipinski definition) is 14. The van der Waals surface area contributed by atoms with E-state index < -0.39 is 19.9 Å². The average molecular weight is 1130 g/mol. The fourth-order valence-electron chi connectivity index (χ4n) is 16.8. The number of nitrogens with zero attached hydrogens (tertiary/aromatic N) is 6. The van der Waals surface area contributed by atoms with Crippen LogP contribution in [0.5, 0.6) is 0 Å². The van der Waals surface area contributed by atoms with Gasteiger partial charge in [0.1, 0.15) is 5.69 Å². The number of carbonyl (C=O) groups excluding carboxylic acids is 3. The third-order valence-corrected chi connectivity index (χ3v) is 19.7. The molecule has 4 saturated heterocycles. The van der Waals surface area contributed by atoms with Gasteiger partial charge in [0.15, 0.2) is 11.5 Å². The average Bonchev–Trinajstić information content (AvgIpc) is 3.97. The van der Waals surface area contributed by atoms with Crippen LogP contribution in [0.2, 0.25) is 0 Å². The Hall–Kier alpha value is -4.82. The number of aryl methyl sites for hydroxylation is 1. The van der Waals surface area contributed by atoms with Gasteiger partial charge in [-0.25, -0.2) is 9.97 Å². The van der Waals surface area contributed by atoms with Crippen LogP contribution in [-0.4, -0.2) is 96.1 Å². The van der Waals surface area contributed by atoms with Gasteiger partial charge in [0.05, 0.1) is 41.7 Å². The maximum absolute atomic E-state index is 13.8. The zero-order chi connectivity index (χ0) is 55.2. The Morgan fingerprint density at radius 2 is 0.899 bits per heavy atom. The van der Waals surface area contributed by atoms with Gasteiger partial charge in [-0.3, -0.25) is 33.8 Å². The molecule has 12 rings (SSSR count). The van der Waals surface area contributed by atoms with E-state index >= 15 is 0 Å². The van der Waals surface area contributed by atoms with Crippen molar-refractivity contribution < 1.29 is 49.2 Å². The molecule has 2 aromatic carbocycles. The summed E-state index contributed by atoms with van der Waals surface area (Å²) in [5.74, 6) is 2.66. The molecule has 4 aliphatic heterocycles. The molecule has 10 atom stereocenters. The second-order valence-corrected chi connectivity index (χ2v) is 25.2. The molecule has 8 fully saturated rings. The van der Waals surface area contributed by atoms with E-state index in [0.717, 1.165) is 71.9 Å². The van der Waals surface area contributed by atoms with Crippen LogP contribution >= 0.6 is 0 Å². The molecule has 79 heavy (non-hydrogen) atoms. The molecule has 0 N–H and O–H groups in total. The topological polar surface area (TPSA) is 197 Å². The summed E-state index contributed by atoms with van der Waals surface area (Å²) < 4.78 is 39.6. The molecule has 17 heteroatoms. The van der Waals surface area contributed by atoms with Crippen LogP contribution in [0.25, 0.3) is 22.1 Å². The van der Waals surface area contributed by atoms with Crippen molar-refractivity contribution in [2.75, 3.05) is 13.2 Å². The zero-order valence-electron chi connectivity index (χ0n) is 46.7. The Balaban J connectivity index is 0.000000167. The van der Waals surface area contributed by atoms with Crippen LogP contribution in [0, 0.1) is 23.7 Å². The molecule has 4 aromatic rings. The van der Waals surface area contributed by atoms with Crippen LogP contribution < -0.4 is 11.1 Å². The fraction of sp³-hybridized carbons (Fsp3) is 0.694. The molecule has 0 radical (unpaired) electrons. The number of ketones is 1. The molecule has 2 aromatic heterocycles. The van der Waals surface area contributed by atoms with E-state index in [1.54, 1.807) is 6.92 Å². The Labute approximate surface area is 468 Å². The van der Waals surface area contributed by atoms with Crippen LogP contribution in [0.3, 0.4) is 0 Å². The van der Waals surface area contributed by atoms with Gasteiger partial charge < -0.3 is 18.6 Å². The van der Waals surface area contributed by atoms with Gasteiger partial charge in [-0.15, -0.1) is 0 Å². The number of Topliss-reactive ketones (excluding diaryl/α,β-unsaturated/α-hetero) is 1. The molecular formula is C62H84CrN6O10. The third kappa shape index (κ3) is 13.4. The van der Waals surface area contributed by atoms with E-state index in [-0.39, 0.29) is 60.1 Å². The van der Waals surface area contributed by atoms with Crippen LogP contribution in [-0.2, 0) is 50.8 Å². The minimum atomic E-state index is -3.79. The molecule has 16 nitrogen and oxygen atoms in total. The number of ether oxygens (including phenoxy) is 2. The predicted molar refractivity (Wildman–Crippen MR) is 294 cm³/mol. The van der Waals surface area contributed by atoms with Crippen LogP contribution in [0.4, 0.5) is 0 Å². The van der Waals surface area contributed by atoms with E-state index in [1.165, 1.54) is 116 Å². The summed E-state index contributed by atoms with van der Waals surface area (Å²) in [5.41, 5.74) is 3.61. The summed E-state index contributed by atoms with van der Waals surface area (Å²) in [6, 6.07) is 19.7. The molecule has 0 spiro atoms. The Kier molecular flexibility index (Phi) is 19.2. The SMILES string of the molecule is CCOC(=O)CCC(=O)c1nc2ccccc2n(C2C[C@H]3CC[C@@H](C2)N3C2CC3CCCCC(C3)C2)c1=O.CCOC(=O)CCCc1nc2ccccc2n(C2C[C@H]3CC[C@@H](C2)N3C2CC3CCCCC(C3)C2)c1=O.[O]=[Cr](=[O])=[O]. The Bertz CT molecular complexity index is 2990. The van der Waals surface area contributed by atoms with Gasteiger partial charge in [0.25, 0.3) is 11.1 Å². The summed E-state index contributed by atoms with van der Waals surface area (Å²) in [7, 11) is 0. The zero-order valence-corrected chi connectivity index (χ0v) is 48.0. The molecule has 8 bridgehead atoms. The normalized spacial score (nSPS) is 30.2. The van der Waals surface area contributed by atoms with Crippen molar-refractivity contribution in [2.24, 2.45) is 23.7 Å². The van der Waals surface area contributed by atoms with Gasteiger partial charge >= 0.3 is 37.3 Å². The first-order chi connectivity index (χ1) is 38.3. The van der Waals surface area contributed by atoms with E-state index in [2.05, 4.69) is 25.4 Å². The van der Waals surface area contributed by atoms with E-state index in [4.69, 9.17) is 25.9 Å². The third-order valence-electron chi connectivity index (χ3n) is 19.7. The van der Waals surface area contributed by atoms with Crippen molar-refractivity contribution in [2.45, 2.75) is 236 Å². The summed E-state index contributed by atoms with van der Waals surface area (Å²) in [6.07, 6.45) is 30.1. The van der Waals surface area contributed by atoms with Gasteiger partial charge in [-0.2, -0.15) is 0 Å². The van der Waals surface area contributed by atoms with Gasteiger partial charge in [-0.05, 0) is 165 Å². The van der Waals surface area contributed by atoms with E-state index in [0.29, 0.717) is 67.3 Å². The monoisotopic (exact) mass is 1120 g/mol. The second-order valence-electron chi connectivity index (χ2n) is 24.6. The summed E-state index contributed by atoms with van der Waals surface area (Å²) >= 11 is -3.79. The number of carbonyl (C=O) groups is 3. The Morgan fingerprint density at radius 1 is 0.494 bits per heavy atom. The number of esters is 2. The van der Waals surface area contributed by atoms with E-state index in [1.807, 2.05) is 54.0 Å². The maximum atomic E-state index is 13.8. The minimum absolute atomic E-state index is 0.0352. The van der Waals surface area contributed by atoms with Crippen molar-refractivity contribution in [3.05, 3.63) is 80.6 Å². The second kappa shape index (κ2) is 26.4. The summed E-state index contributed by atoms with van der Waals surface area (Å²) in [6.45, 7) is 4.23. The van der Waals surface area contributed by atoms with Crippen molar-refractivity contribution in [1.29, 1.82) is 0 Å². The molecule has 6 unspecified atom stereocenters. The first-order valence-corrected chi connectivity index (χ1v) is 32.1. The molecule has 4 saturated carbocycles. The quantitative estimate of drug-likeness (QED) is 0.0854. The first kappa shape index (κ1) is 57.4. The van der Waals surface area contributed by atoms with Gasteiger partial charge in [-0.1, -0.05) is 75.6 Å². The van der Waals surface area contributed by atoms with Crippen molar-refractivity contribution in [3.8, 4) is 0 Å². The number of aromatic nitrogens is 4. The molecule has 428 valence electrons. The van der Waals surface area contributed by atoms with Crippen LogP contribution in [0.15, 0.2) is 58.1 Å². The number of benzene rings is 2. The number of para-hydroxylation sites is 4. The molecule has 6 heterocycles. The number of fused-ring (bicyclic) bond motifs is 10. The molecule has 4 aliphatic carbocycles. The summed E-state index contributed by atoms with van der Waals surface area (Å²) in [5, 5.41) is 0. The number of rotatable bonds is 14. The van der Waals surface area contributed by atoms with Gasteiger partial charge in [0.2, 0.25) is 0 Å². The first-order valence-electron chi connectivity index (χ1n) is 30.5. The fourth-order valence-corrected chi connectivity index (χ4v) is 16.8.